The smallest absolute Gasteiger partial charge is 0.196 e. The summed E-state index contributed by atoms with van der Waals surface area (Å²) in [5.41, 5.74) is -3.43. The van der Waals surface area contributed by atoms with Crippen LogP contribution in [-0.4, -0.2) is 0 Å². The molecule has 258 valence electrons. The second-order valence-corrected chi connectivity index (χ2v) is 12.9. The highest BCUT2D eigenvalue weighted by Gasteiger charge is 2.58. The Morgan fingerprint density at radius 1 is 0.214 bits per heavy atom. The molecule has 56 heavy (non-hydrogen) atoms. The Morgan fingerprint density at radius 2 is 0.375 bits per heavy atom. The van der Waals surface area contributed by atoms with Gasteiger partial charge in [0.15, 0.2) is 0 Å². The lowest BCUT2D eigenvalue weighted by Crippen LogP contribution is -2.45. The van der Waals surface area contributed by atoms with Crippen molar-refractivity contribution >= 4 is 0 Å². The quantitative estimate of drug-likeness (QED) is 0.141. The molecule has 8 nitrogen and oxygen atoms in total. The molecule has 0 heterocycles. The van der Waals surface area contributed by atoms with Crippen LogP contribution in [0.25, 0.3) is 33.4 Å². The Labute approximate surface area is 324 Å². The second-order valence-electron chi connectivity index (χ2n) is 12.9. The van der Waals surface area contributed by atoms with Crippen LogP contribution in [0.4, 0.5) is 0 Å². The Balaban J connectivity index is 1.34. The van der Waals surface area contributed by atoms with Crippen LogP contribution in [0.5, 0.6) is 0 Å². The van der Waals surface area contributed by atoms with Crippen LogP contribution in [0.2, 0.25) is 0 Å². The van der Waals surface area contributed by atoms with Crippen molar-refractivity contribution in [1.82, 2.24) is 0 Å². The zero-order valence-electron chi connectivity index (χ0n) is 29.6. The van der Waals surface area contributed by atoms with Gasteiger partial charge < -0.3 is 0 Å². The fourth-order valence-electron chi connectivity index (χ4n) is 7.07. The first kappa shape index (κ1) is 37.0. The van der Waals surface area contributed by atoms with Gasteiger partial charge in [-0.25, -0.2) is 0 Å². The van der Waals surface area contributed by atoms with E-state index in [1.807, 2.05) is 109 Å². The molecule has 0 spiro atoms. The molecule has 0 aliphatic rings. The minimum atomic E-state index is -2.22. The number of nitriles is 8. The summed E-state index contributed by atoms with van der Waals surface area (Å²) in [6, 6.07) is 60.9. The summed E-state index contributed by atoms with van der Waals surface area (Å²) >= 11 is 0. The molecule has 0 atom stereocenters. The topological polar surface area (TPSA) is 190 Å². The van der Waals surface area contributed by atoms with Crippen LogP contribution in [0.15, 0.2) is 158 Å². The first-order valence-corrected chi connectivity index (χ1v) is 17.1. The summed E-state index contributed by atoms with van der Waals surface area (Å²) < 4.78 is 0. The standard InChI is InChI=1S/C48H26N8/c49-27-45(28-50,41-19-11-37(12-20-41)35-7-3-1-4-8-35)47(31-53,32-54)43-23-15-39(16-24-43)40-17-25-44(26-18-40)48(33-55,34-56)46(29-51,30-52)42-21-13-38(14-22-42)36-9-5-2-6-10-36/h1-26H. The van der Waals surface area contributed by atoms with Crippen molar-refractivity contribution < 1.29 is 0 Å². The van der Waals surface area contributed by atoms with E-state index in [-0.39, 0.29) is 22.3 Å². The average molecular weight is 715 g/mol. The number of rotatable bonds is 9. The van der Waals surface area contributed by atoms with E-state index >= 15 is 0 Å². The Morgan fingerprint density at radius 3 is 0.536 bits per heavy atom. The summed E-state index contributed by atoms with van der Waals surface area (Å²) in [4.78, 5) is 0. The van der Waals surface area contributed by atoms with E-state index in [4.69, 9.17) is 0 Å². The van der Waals surface area contributed by atoms with Gasteiger partial charge >= 0.3 is 0 Å². The van der Waals surface area contributed by atoms with Gasteiger partial charge in [-0.3, -0.25) is 0 Å². The molecule has 0 fully saturated rings. The van der Waals surface area contributed by atoms with E-state index in [0.717, 1.165) is 22.3 Å². The summed E-state index contributed by atoms with van der Waals surface area (Å²) in [6.07, 6.45) is 0. The third-order valence-corrected chi connectivity index (χ3v) is 10.3. The van der Waals surface area contributed by atoms with Crippen molar-refractivity contribution in [2.45, 2.75) is 21.7 Å². The van der Waals surface area contributed by atoms with Gasteiger partial charge in [-0.05, 0) is 55.6 Å². The lowest BCUT2D eigenvalue weighted by molar-refractivity contribution is 0.524. The van der Waals surface area contributed by atoms with E-state index in [1.165, 1.54) is 24.3 Å². The van der Waals surface area contributed by atoms with Gasteiger partial charge in [0.2, 0.25) is 21.7 Å². The molecule has 8 heteroatoms. The first-order chi connectivity index (χ1) is 27.3. The molecule has 0 unspecified atom stereocenters. The Kier molecular flexibility index (Phi) is 9.96. The van der Waals surface area contributed by atoms with Gasteiger partial charge in [-0.15, -0.1) is 0 Å². The number of hydrogen-bond acceptors (Lipinski definition) is 8. The van der Waals surface area contributed by atoms with Crippen molar-refractivity contribution in [2.24, 2.45) is 0 Å². The minimum absolute atomic E-state index is 0.136. The zero-order valence-corrected chi connectivity index (χ0v) is 29.6. The monoisotopic (exact) mass is 714 g/mol. The first-order valence-electron chi connectivity index (χ1n) is 17.1. The average Bonchev–Trinajstić information content (AvgIpc) is 3.29. The summed E-state index contributed by atoms with van der Waals surface area (Å²) in [5, 5.41) is 84.2. The maximum atomic E-state index is 10.5. The lowest BCUT2D eigenvalue weighted by atomic mass is 9.59. The number of hydrogen-bond donors (Lipinski definition) is 0. The fourth-order valence-corrected chi connectivity index (χ4v) is 7.07. The van der Waals surface area contributed by atoms with Crippen molar-refractivity contribution in [3.8, 4) is 81.9 Å². The van der Waals surface area contributed by atoms with Crippen LogP contribution >= 0.6 is 0 Å². The molecule has 0 N–H and O–H groups in total. The van der Waals surface area contributed by atoms with Crippen molar-refractivity contribution in [2.75, 3.05) is 0 Å². The number of nitrogens with zero attached hydrogens (tertiary/aromatic N) is 8. The van der Waals surface area contributed by atoms with Gasteiger partial charge in [0.05, 0.1) is 48.6 Å². The molecule has 6 aromatic carbocycles. The normalized spacial score (nSPS) is 11.1. The fraction of sp³-hybridized carbons (Fsp3) is 0.0833. The number of benzene rings is 6. The predicted octanol–water partition coefficient (Wildman–Crippen LogP) is 9.23. The summed E-state index contributed by atoms with van der Waals surface area (Å²) in [6.45, 7) is 0. The second kappa shape index (κ2) is 15.1. The van der Waals surface area contributed by atoms with Crippen LogP contribution in [0.1, 0.15) is 22.3 Å². The van der Waals surface area contributed by atoms with E-state index in [1.54, 1.807) is 72.8 Å². The molecule has 0 aliphatic carbocycles. The molecule has 0 saturated heterocycles. The molecule has 0 aliphatic heterocycles. The predicted molar refractivity (Wildman–Crippen MR) is 207 cm³/mol. The maximum Gasteiger partial charge on any atom is 0.204 e. The molecule has 0 amide bonds. The van der Waals surface area contributed by atoms with Gasteiger partial charge in [-0.2, -0.15) is 42.1 Å². The van der Waals surface area contributed by atoms with Crippen LogP contribution in [-0.2, 0) is 21.7 Å². The van der Waals surface area contributed by atoms with E-state index < -0.39 is 21.7 Å². The largest absolute Gasteiger partial charge is 0.204 e. The van der Waals surface area contributed by atoms with Crippen LogP contribution in [0.3, 0.4) is 0 Å². The minimum Gasteiger partial charge on any atom is -0.196 e. The highest BCUT2D eigenvalue weighted by atomic mass is 14.6. The lowest BCUT2D eigenvalue weighted by Gasteiger charge is -2.32. The molecular weight excluding hydrogens is 689 g/mol. The van der Waals surface area contributed by atoms with Crippen molar-refractivity contribution in [3.05, 3.63) is 180 Å². The zero-order chi connectivity index (χ0) is 39.8. The highest BCUT2D eigenvalue weighted by molar-refractivity contribution is 5.70. The van der Waals surface area contributed by atoms with Crippen molar-refractivity contribution in [1.29, 1.82) is 42.1 Å². The molecule has 0 saturated carbocycles. The Hall–Kier alpha value is -8.76. The van der Waals surface area contributed by atoms with E-state index in [2.05, 4.69) is 0 Å². The highest BCUT2D eigenvalue weighted by Crippen LogP contribution is 2.46. The summed E-state index contributed by atoms with van der Waals surface area (Å²) in [7, 11) is 0. The Bertz CT molecular complexity index is 2500. The van der Waals surface area contributed by atoms with Crippen LogP contribution < -0.4 is 0 Å². The molecule has 0 radical (unpaired) electrons. The molecule has 0 aromatic heterocycles. The maximum absolute atomic E-state index is 10.5. The molecule has 0 bridgehead atoms. The van der Waals surface area contributed by atoms with Crippen LogP contribution in [0, 0.1) is 90.6 Å². The van der Waals surface area contributed by atoms with Gasteiger partial charge in [0.25, 0.3) is 0 Å². The molecule has 6 rings (SSSR count). The summed E-state index contributed by atoms with van der Waals surface area (Å²) in [5.74, 6) is 0. The van der Waals surface area contributed by atoms with E-state index in [9.17, 15) is 42.1 Å². The van der Waals surface area contributed by atoms with E-state index in [0.29, 0.717) is 11.1 Å². The molecule has 6 aromatic rings. The van der Waals surface area contributed by atoms with Crippen molar-refractivity contribution in [3.63, 3.8) is 0 Å². The van der Waals surface area contributed by atoms with Gasteiger partial charge in [0, 0.05) is 0 Å². The SMILES string of the molecule is N#CC(C#N)(c1ccc(-c2ccccc2)cc1)C(C#N)(C#N)c1ccc(-c2ccc(C(C#N)(C#N)C(C#N)(C#N)c3ccc(-c4ccccc4)cc3)cc2)cc1. The van der Waals surface area contributed by atoms with Gasteiger partial charge in [0.1, 0.15) is 0 Å². The van der Waals surface area contributed by atoms with Gasteiger partial charge in [-0.1, -0.05) is 158 Å². The molecular formula is C48H26N8. The third-order valence-electron chi connectivity index (χ3n) is 10.3. The third kappa shape index (κ3) is 5.65.